The van der Waals surface area contributed by atoms with Crippen molar-refractivity contribution in [1.29, 1.82) is 0 Å². The van der Waals surface area contributed by atoms with Gasteiger partial charge in [0.15, 0.2) is 5.78 Å². The van der Waals surface area contributed by atoms with Crippen LogP contribution in [0.2, 0.25) is 0 Å². The second-order valence-corrected chi connectivity index (χ2v) is 6.07. The number of nitrogens with zero attached hydrogens (tertiary/aromatic N) is 2. The highest BCUT2D eigenvalue weighted by atomic mass is 16.1. The number of Topliss-reactive ketones (excluding diaryl/α,β-unsaturated/α-hetero) is 1. The van der Waals surface area contributed by atoms with E-state index in [1.165, 1.54) is 5.56 Å². The van der Waals surface area contributed by atoms with Gasteiger partial charge in [-0.15, -0.1) is 0 Å². The van der Waals surface area contributed by atoms with E-state index >= 15 is 0 Å². The van der Waals surface area contributed by atoms with Crippen LogP contribution in [0.25, 0.3) is 0 Å². The van der Waals surface area contributed by atoms with Crippen LogP contribution in [0.5, 0.6) is 0 Å². The molecule has 110 valence electrons. The fourth-order valence-electron chi connectivity index (χ4n) is 2.77. The Morgan fingerprint density at radius 3 is 1.95 bits per heavy atom. The van der Waals surface area contributed by atoms with Crippen LogP contribution in [0, 0.1) is 6.92 Å². The molecule has 1 aliphatic rings. The highest BCUT2D eigenvalue weighted by Crippen LogP contribution is 2.14. The SMILES string of the molecule is Cc1ccc(C(=O)C(C)N2CCN(C(C)C)CC2)cc1. The van der Waals surface area contributed by atoms with Gasteiger partial charge in [-0.3, -0.25) is 14.6 Å². The molecule has 1 saturated heterocycles. The molecule has 1 aromatic carbocycles. The van der Waals surface area contributed by atoms with Crippen molar-refractivity contribution in [2.24, 2.45) is 0 Å². The zero-order chi connectivity index (χ0) is 14.7. The summed E-state index contributed by atoms with van der Waals surface area (Å²) in [6.07, 6.45) is 0. The number of hydrogen-bond acceptors (Lipinski definition) is 3. The minimum absolute atomic E-state index is 0.0213. The molecule has 1 atom stereocenters. The molecule has 1 aliphatic heterocycles. The van der Waals surface area contributed by atoms with Crippen LogP contribution < -0.4 is 0 Å². The molecule has 0 amide bonds. The minimum atomic E-state index is -0.0213. The second-order valence-electron chi connectivity index (χ2n) is 6.07. The van der Waals surface area contributed by atoms with Gasteiger partial charge >= 0.3 is 0 Å². The van der Waals surface area contributed by atoms with Gasteiger partial charge in [-0.05, 0) is 27.7 Å². The molecule has 3 heteroatoms. The molecule has 0 N–H and O–H groups in total. The summed E-state index contributed by atoms with van der Waals surface area (Å²) < 4.78 is 0. The second kappa shape index (κ2) is 6.51. The van der Waals surface area contributed by atoms with Crippen molar-refractivity contribution < 1.29 is 4.79 Å². The van der Waals surface area contributed by atoms with Crippen LogP contribution in [0.3, 0.4) is 0 Å². The number of aryl methyl sites for hydroxylation is 1. The van der Waals surface area contributed by atoms with Crippen molar-refractivity contribution in [2.45, 2.75) is 39.8 Å². The molecule has 0 aromatic heterocycles. The predicted molar refractivity (Wildman–Crippen MR) is 83.3 cm³/mol. The minimum Gasteiger partial charge on any atom is -0.298 e. The van der Waals surface area contributed by atoms with Gasteiger partial charge in [0.05, 0.1) is 6.04 Å². The number of ketones is 1. The molecule has 0 spiro atoms. The molecular formula is C17H26N2O. The summed E-state index contributed by atoms with van der Waals surface area (Å²) in [5.74, 6) is 0.239. The van der Waals surface area contributed by atoms with E-state index in [-0.39, 0.29) is 11.8 Å². The van der Waals surface area contributed by atoms with Crippen LogP contribution in [0.15, 0.2) is 24.3 Å². The number of carbonyl (C=O) groups excluding carboxylic acids is 1. The number of hydrogen-bond donors (Lipinski definition) is 0. The van der Waals surface area contributed by atoms with E-state index < -0.39 is 0 Å². The van der Waals surface area contributed by atoms with Gasteiger partial charge in [0.1, 0.15) is 0 Å². The zero-order valence-corrected chi connectivity index (χ0v) is 13.1. The molecule has 0 bridgehead atoms. The Hall–Kier alpha value is -1.19. The molecule has 1 heterocycles. The first-order chi connectivity index (χ1) is 9.49. The quantitative estimate of drug-likeness (QED) is 0.789. The molecule has 20 heavy (non-hydrogen) atoms. The number of carbonyl (C=O) groups is 1. The fourth-order valence-corrected chi connectivity index (χ4v) is 2.77. The maximum absolute atomic E-state index is 12.5. The maximum Gasteiger partial charge on any atom is 0.179 e. The van der Waals surface area contributed by atoms with Crippen LogP contribution in [0.1, 0.15) is 36.7 Å². The summed E-state index contributed by atoms with van der Waals surface area (Å²) >= 11 is 0. The topological polar surface area (TPSA) is 23.6 Å². The molecule has 0 radical (unpaired) electrons. The molecule has 1 aromatic rings. The van der Waals surface area contributed by atoms with Gasteiger partial charge in [-0.25, -0.2) is 0 Å². The Morgan fingerprint density at radius 1 is 0.950 bits per heavy atom. The molecule has 3 nitrogen and oxygen atoms in total. The molecule has 0 aliphatic carbocycles. The average Bonchev–Trinajstić information content (AvgIpc) is 2.46. The Morgan fingerprint density at radius 2 is 1.45 bits per heavy atom. The van der Waals surface area contributed by atoms with E-state index in [2.05, 4.69) is 23.6 Å². The lowest BCUT2D eigenvalue weighted by atomic mass is 10.0. The van der Waals surface area contributed by atoms with E-state index in [4.69, 9.17) is 0 Å². The molecule has 1 unspecified atom stereocenters. The smallest absolute Gasteiger partial charge is 0.179 e. The lowest BCUT2D eigenvalue weighted by Crippen LogP contribution is -2.53. The van der Waals surface area contributed by atoms with Crippen molar-refractivity contribution >= 4 is 5.78 Å². The number of piperazine rings is 1. The molecule has 2 rings (SSSR count). The highest BCUT2D eigenvalue weighted by Gasteiger charge is 2.26. The first kappa shape index (κ1) is 15.2. The van der Waals surface area contributed by atoms with Crippen molar-refractivity contribution in [3.05, 3.63) is 35.4 Å². The Labute approximate surface area is 122 Å². The summed E-state index contributed by atoms with van der Waals surface area (Å²) in [6, 6.07) is 8.48. The molecular weight excluding hydrogens is 248 g/mol. The van der Waals surface area contributed by atoms with E-state index in [0.717, 1.165) is 31.7 Å². The third-order valence-corrected chi connectivity index (χ3v) is 4.34. The van der Waals surface area contributed by atoms with E-state index in [1.807, 2.05) is 38.1 Å². The molecule has 0 saturated carbocycles. The summed E-state index contributed by atoms with van der Waals surface area (Å²) in [5.41, 5.74) is 2.02. The summed E-state index contributed by atoms with van der Waals surface area (Å²) in [4.78, 5) is 17.3. The zero-order valence-electron chi connectivity index (χ0n) is 13.1. The Balaban J connectivity index is 1.96. The Bertz CT molecular complexity index is 445. The number of benzene rings is 1. The summed E-state index contributed by atoms with van der Waals surface area (Å²) in [6.45, 7) is 12.6. The first-order valence-electron chi connectivity index (χ1n) is 7.58. The van der Waals surface area contributed by atoms with Gasteiger partial charge in [0.25, 0.3) is 0 Å². The van der Waals surface area contributed by atoms with Crippen LogP contribution >= 0.6 is 0 Å². The van der Waals surface area contributed by atoms with Gasteiger partial charge in [-0.2, -0.15) is 0 Å². The maximum atomic E-state index is 12.5. The van der Waals surface area contributed by atoms with Crippen molar-refractivity contribution in [2.75, 3.05) is 26.2 Å². The lowest BCUT2D eigenvalue weighted by Gasteiger charge is -2.39. The van der Waals surface area contributed by atoms with Gasteiger partial charge in [-0.1, -0.05) is 29.8 Å². The van der Waals surface area contributed by atoms with Gasteiger partial charge in [0.2, 0.25) is 0 Å². The van der Waals surface area contributed by atoms with E-state index in [9.17, 15) is 4.79 Å². The highest BCUT2D eigenvalue weighted by molar-refractivity contribution is 5.99. The largest absolute Gasteiger partial charge is 0.298 e. The van der Waals surface area contributed by atoms with Crippen molar-refractivity contribution in [1.82, 2.24) is 9.80 Å². The van der Waals surface area contributed by atoms with Crippen LogP contribution in [-0.2, 0) is 0 Å². The third kappa shape index (κ3) is 3.47. The van der Waals surface area contributed by atoms with Crippen molar-refractivity contribution in [3.63, 3.8) is 0 Å². The van der Waals surface area contributed by atoms with Gasteiger partial charge in [0, 0.05) is 37.8 Å². The standard InChI is InChI=1S/C17H26N2O/c1-13(2)18-9-11-19(12-10-18)15(4)17(20)16-7-5-14(3)6-8-16/h5-8,13,15H,9-12H2,1-4H3. The normalized spacial score (nSPS) is 19.2. The van der Waals surface area contributed by atoms with E-state index in [1.54, 1.807) is 0 Å². The summed E-state index contributed by atoms with van der Waals surface area (Å²) in [7, 11) is 0. The fraction of sp³-hybridized carbons (Fsp3) is 0.588. The first-order valence-corrected chi connectivity index (χ1v) is 7.58. The molecule has 1 fully saturated rings. The van der Waals surface area contributed by atoms with Crippen LogP contribution in [0.4, 0.5) is 0 Å². The van der Waals surface area contributed by atoms with Crippen LogP contribution in [-0.4, -0.2) is 53.8 Å². The third-order valence-electron chi connectivity index (χ3n) is 4.34. The average molecular weight is 274 g/mol. The monoisotopic (exact) mass is 274 g/mol. The van der Waals surface area contributed by atoms with E-state index in [0.29, 0.717) is 6.04 Å². The lowest BCUT2D eigenvalue weighted by molar-refractivity contribution is 0.0639. The Kier molecular flexibility index (Phi) is 4.95. The predicted octanol–water partition coefficient (Wildman–Crippen LogP) is 2.59. The van der Waals surface area contributed by atoms with Gasteiger partial charge < -0.3 is 0 Å². The van der Waals surface area contributed by atoms with Crippen molar-refractivity contribution in [3.8, 4) is 0 Å². The summed E-state index contributed by atoms with van der Waals surface area (Å²) in [5, 5.41) is 0. The number of rotatable bonds is 4.